The van der Waals surface area contributed by atoms with E-state index in [4.69, 9.17) is 16.3 Å². The van der Waals surface area contributed by atoms with Crippen LogP contribution in [0, 0.1) is 5.82 Å². The van der Waals surface area contributed by atoms with Gasteiger partial charge in [0, 0.05) is 26.2 Å². The summed E-state index contributed by atoms with van der Waals surface area (Å²) in [6.07, 6.45) is 0.188. The van der Waals surface area contributed by atoms with Crippen LogP contribution in [-0.4, -0.2) is 55.2 Å². The fourth-order valence-corrected chi connectivity index (χ4v) is 4.59. The molecule has 1 saturated heterocycles. The third-order valence-electron chi connectivity index (χ3n) is 4.90. The molecule has 8 heteroatoms. The second-order valence-corrected chi connectivity index (χ2v) is 8.30. The van der Waals surface area contributed by atoms with E-state index in [0.717, 1.165) is 29.9 Å². The minimum Gasteiger partial charge on any atom is -0.379 e. The summed E-state index contributed by atoms with van der Waals surface area (Å²) in [7, 11) is 0. The van der Waals surface area contributed by atoms with Crippen molar-refractivity contribution < 1.29 is 13.9 Å². The van der Waals surface area contributed by atoms with Crippen molar-refractivity contribution in [1.82, 2.24) is 9.88 Å². The molecule has 29 heavy (non-hydrogen) atoms. The number of thiazole rings is 1. The van der Waals surface area contributed by atoms with Crippen LogP contribution in [0.15, 0.2) is 42.5 Å². The summed E-state index contributed by atoms with van der Waals surface area (Å²) in [6.45, 7) is 4.39. The molecular formula is C21H21ClFN3O2S. The zero-order valence-electron chi connectivity index (χ0n) is 15.8. The molecule has 5 nitrogen and oxygen atoms in total. The third kappa shape index (κ3) is 4.93. The second kappa shape index (κ2) is 9.17. The predicted octanol–water partition coefficient (Wildman–Crippen LogP) is 4.00. The van der Waals surface area contributed by atoms with Gasteiger partial charge in [-0.25, -0.2) is 9.37 Å². The number of morpholine rings is 1. The van der Waals surface area contributed by atoms with Crippen LogP contribution in [0.5, 0.6) is 0 Å². The summed E-state index contributed by atoms with van der Waals surface area (Å²) >= 11 is 7.73. The molecule has 0 atom stereocenters. The van der Waals surface area contributed by atoms with E-state index in [1.807, 2.05) is 12.1 Å². The van der Waals surface area contributed by atoms with Gasteiger partial charge in [0.2, 0.25) is 5.91 Å². The highest BCUT2D eigenvalue weighted by Gasteiger charge is 2.22. The summed E-state index contributed by atoms with van der Waals surface area (Å²) in [5, 5.41) is 1.21. The van der Waals surface area contributed by atoms with Crippen LogP contribution in [0.1, 0.15) is 5.56 Å². The molecule has 0 aliphatic carbocycles. The first-order valence-electron chi connectivity index (χ1n) is 9.50. The number of fused-ring (bicyclic) bond motifs is 1. The molecule has 152 valence electrons. The van der Waals surface area contributed by atoms with Gasteiger partial charge in [0.1, 0.15) is 11.3 Å². The van der Waals surface area contributed by atoms with E-state index in [9.17, 15) is 9.18 Å². The maximum Gasteiger partial charge on any atom is 0.233 e. The Morgan fingerprint density at radius 1 is 1.21 bits per heavy atom. The third-order valence-corrected chi connectivity index (χ3v) is 6.25. The number of benzene rings is 2. The van der Waals surface area contributed by atoms with Crippen molar-refractivity contribution in [2.45, 2.75) is 6.42 Å². The average molecular weight is 434 g/mol. The highest BCUT2D eigenvalue weighted by Crippen LogP contribution is 2.33. The molecule has 1 fully saturated rings. The number of carbonyl (C=O) groups is 1. The first-order chi connectivity index (χ1) is 14.1. The summed E-state index contributed by atoms with van der Waals surface area (Å²) < 4.78 is 19.5. The quantitative estimate of drug-likeness (QED) is 0.589. The SMILES string of the molecule is O=C(Cc1ccc(F)cc1)N(CCN1CCOCC1)c1nc2c(Cl)cccc2s1. The Bertz CT molecular complexity index is 989. The molecule has 3 aromatic rings. The van der Waals surface area contributed by atoms with Gasteiger partial charge in [0.15, 0.2) is 5.13 Å². The lowest BCUT2D eigenvalue weighted by atomic mass is 10.1. The van der Waals surface area contributed by atoms with Crippen molar-refractivity contribution >= 4 is 44.2 Å². The van der Waals surface area contributed by atoms with Gasteiger partial charge in [-0.15, -0.1) is 0 Å². The maximum atomic E-state index is 13.2. The fourth-order valence-electron chi connectivity index (χ4n) is 3.28. The van der Waals surface area contributed by atoms with Crippen molar-refractivity contribution in [2.24, 2.45) is 0 Å². The number of amides is 1. The normalized spacial score (nSPS) is 15.0. The van der Waals surface area contributed by atoms with E-state index in [2.05, 4.69) is 9.88 Å². The average Bonchev–Trinajstić information content (AvgIpc) is 3.16. The van der Waals surface area contributed by atoms with Crippen LogP contribution in [0.2, 0.25) is 5.02 Å². The Morgan fingerprint density at radius 3 is 2.69 bits per heavy atom. The summed E-state index contributed by atoms with van der Waals surface area (Å²) in [5.41, 5.74) is 1.48. The molecule has 0 unspecified atom stereocenters. The predicted molar refractivity (Wildman–Crippen MR) is 114 cm³/mol. The molecule has 0 bridgehead atoms. The van der Waals surface area contributed by atoms with E-state index in [-0.39, 0.29) is 18.1 Å². The Balaban J connectivity index is 1.57. The van der Waals surface area contributed by atoms with Crippen molar-refractivity contribution in [1.29, 1.82) is 0 Å². The number of para-hydroxylation sites is 1. The lowest BCUT2D eigenvalue weighted by Crippen LogP contribution is -2.43. The van der Waals surface area contributed by atoms with Crippen LogP contribution in [0.25, 0.3) is 10.2 Å². The van der Waals surface area contributed by atoms with Crippen LogP contribution >= 0.6 is 22.9 Å². The first-order valence-corrected chi connectivity index (χ1v) is 10.7. The Morgan fingerprint density at radius 2 is 1.97 bits per heavy atom. The molecule has 0 N–H and O–H groups in total. The van der Waals surface area contributed by atoms with Gasteiger partial charge in [-0.3, -0.25) is 14.6 Å². The van der Waals surface area contributed by atoms with Crippen LogP contribution in [-0.2, 0) is 16.0 Å². The van der Waals surface area contributed by atoms with E-state index in [1.54, 1.807) is 23.1 Å². The molecule has 0 spiro atoms. The number of hydrogen-bond acceptors (Lipinski definition) is 5. The second-order valence-electron chi connectivity index (χ2n) is 6.89. The topological polar surface area (TPSA) is 45.7 Å². The molecule has 2 heterocycles. The van der Waals surface area contributed by atoms with Gasteiger partial charge >= 0.3 is 0 Å². The highest BCUT2D eigenvalue weighted by molar-refractivity contribution is 7.22. The van der Waals surface area contributed by atoms with Crippen molar-refractivity contribution in [2.75, 3.05) is 44.3 Å². The van der Waals surface area contributed by atoms with Crippen molar-refractivity contribution in [3.63, 3.8) is 0 Å². The van der Waals surface area contributed by atoms with Crippen LogP contribution in [0.4, 0.5) is 9.52 Å². The van der Waals surface area contributed by atoms with Crippen LogP contribution < -0.4 is 4.90 Å². The summed E-state index contributed by atoms with van der Waals surface area (Å²) in [5.74, 6) is -0.383. The number of carbonyl (C=O) groups excluding carboxylic acids is 1. The zero-order valence-corrected chi connectivity index (χ0v) is 17.4. The number of nitrogens with zero attached hydrogens (tertiary/aromatic N) is 3. The standard InChI is InChI=1S/C21H21ClFN3O2S/c22-17-2-1-3-18-20(17)24-21(29-18)26(9-8-25-10-12-28-13-11-25)19(27)14-15-4-6-16(23)7-5-15/h1-7H,8-14H2. The van der Waals surface area contributed by atoms with Gasteiger partial charge < -0.3 is 4.74 Å². The Hall–Kier alpha value is -2.06. The minimum atomic E-state index is -0.314. The number of hydrogen-bond donors (Lipinski definition) is 0. The van der Waals surface area contributed by atoms with Gasteiger partial charge in [-0.2, -0.15) is 0 Å². The van der Waals surface area contributed by atoms with E-state index in [0.29, 0.717) is 35.4 Å². The molecular weight excluding hydrogens is 413 g/mol. The molecule has 0 saturated carbocycles. The molecule has 1 aliphatic rings. The van der Waals surface area contributed by atoms with Gasteiger partial charge in [0.25, 0.3) is 0 Å². The monoisotopic (exact) mass is 433 g/mol. The van der Waals surface area contributed by atoms with Crippen molar-refractivity contribution in [3.05, 3.63) is 58.9 Å². The first kappa shape index (κ1) is 20.2. The smallest absolute Gasteiger partial charge is 0.233 e. The maximum absolute atomic E-state index is 13.2. The molecule has 4 rings (SSSR count). The number of halogens is 2. The number of ether oxygens (including phenoxy) is 1. The molecule has 1 amide bonds. The lowest BCUT2D eigenvalue weighted by Gasteiger charge is -2.29. The summed E-state index contributed by atoms with van der Waals surface area (Å²) in [6, 6.07) is 11.7. The molecule has 1 aliphatic heterocycles. The molecule has 2 aromatic carbocycles. The minimum absolute atomic E-state index is 0.0694. The largest absolute Gasteiger partial charge is 0.379 e. The highest BCUT2D eigenvalue weighted by atomic mass is 35.5. The summed E-state index contributed by atoms with van der Waals surface area (Å²) in [4.78, 5) is 21.8. The number of aromatic nitrogens is 1. The van der Waals surface area contributed by atoms with E-state index >= 15 is 0 Å². The van der Waals surface area contributed by atoms with Crippen LogP contribution in [0.3, 0.4) is 0 Å². The lowest BCUT2D eigenvalue weighted by molar-refractivity contribution is -0.118. The van der Waals surface area contributed by atoms with E-state index in [1.165, 1.54) is 23.5 Å². The Labute approximate surface area is 177 Å². The van der Waals surface area contributed by atoms with Crippen molar-refractivity contribution in [3.8, 4) is 0 Å². The molecule has 1 aromatic heterocycles. The zero-order chi connectivity index (χ0) is 20.2. The number of rotatable bonds is 6. The van der Waals surface area contributed by atoms with E-state index < -0.39 is 0 Å². The van der Waals surface area contributed by atoms with Gasteiger partial charge in [0.05, 0.1) is 29.4 Å². The molecule has 0 radical (unpaired) electrons. The van der Waals surface area contributed by atoms with Gasteiger partial charge in [-0.05, 0) is 29.8 Å². The fraction of sp³-hybridized carbons (Fsp3) is 0.333. The van der Waals surface area contributed by atoms with Gasteiger partial charge in [-0.1, -0.05) is 41.1 Å². The number of anilines is 1. The Kier molecular flexibility index (Phi) is 6.40.